The number of benzene rings is 1. The molecular weight excluding hydrogens is 392 g/mol. The molecule has 0 fully saturated rings. The SMILES string of the molecule is Cc1c(-c2ccc(OC(F)F)c3c2C=CC(C)(C)O3)[nH]c2cn[nH]c(=O)c12.Cl. The van der Waals surface area contributed by atoms with E-state index < -0.39 is 12.2 Å². The minimum absolute atomic E-state index is 0. The number of aryl methyl sites for hydroxylation is 1. The molecule has 0 amide bonds. The smallest absolute Gasteiger partial charge is 0.387 e. The van der Waals surface area contributed by atoms with Crippen LogP contribution in [0.2, 0.25) is 0 Å². The maximum atomic E-state index is 12.8. The van der Waals surface area contributed by atoms with Crippen molar-refractivity contribution in [2.75, 3.05) is 0 Å². The zero-order valence-corrected chi connectivity index (χ0v) is 16.1. The summed E-state index contributed by atoms with van der Waals surface area (Å²) >= 11 is 0. The molecule has 9 heteroatoms. The van der Waals surface area contributed by atoms with E-state index in [1.54, 1.807) is 6.07 Å². The number of fused-ring (bicyclic) bond motifs is 2. The first-order chi connectivity index (χ1) is 12.8. The monoisotopic (exact) mass is 409 g/mol. The van der Waals surface area contributed by atoms with Crippen LogP contribution in [0.4, 0.5) is 8.78 Å². The summed E-state index contributed by atoms with van der Waals surface area (Å²) in [5.74, 6) is 0.208. The highest BCUT2D eigenvalue weighted by molar-refractivity contribution is 5.92. The van der Waals surface area contributed by atoms with Gasteiger partial charge in [0, 0.05) is 11.1 Å². The van der Waals surface area contributed by atoms with E-state index in [1.165, 1.54) is 12.3 Å². The van der Waals surface area contributed by atoms with Crippen LogP contribution in [-0.4, -0.2) is 27.4 Å². The molecule has 28 heavy (non-hydrogen) atoms. The maximum Gasteiger partial charge on any atom is 0.387 e. The molecule has 3 heterocycles. The van der Waals surface area contributed by atoms with Gasteiger partial charge in [0.2, 0.25) is 0 Å². The molecule has 0 atom stereocenters. The summed E-state index contributed by atoms with van der Waals surface area (Å²) in [7, 11) is 0. The summed E-state index contributed by atoms with van der Waals surface area (Å²) in [6, 6.07) is 3.12. The van der Waals surface area contributed by atoms with E-state index in [9.17, 15) is 13.6 Å². The highest BCUT2D eigenvalue weighted by atomic mass is 35.5. The highest BCUT2D eigenvalue weighted by Crippen LogP contribution is 2.45. The molecule has 2 aromatic heterocycles. The van der Waals surface area contributed by atoms with Gasteiger partial charge in [-0.15, -0.1) is 12.4 Å². The number of aromatic nitrogens is 3. The second-order valence-electron chi connectivity index (χ2n) is 6.88. The number of nitrogens with zero attached hydrogens (tertiary/aromatic N) is 1. The number of halogens is 3. The first-order valence-corrected chi connectivity index (χ1v) is 8.33. The fourth-order valence-electron chi connectivity index (χ4n) is 3.33. The maximum absolute atomic E-state index is 12.8. The van der Waals surface area contributed by atoms with Crippen LogP contribution < -0.4 is 15.0 Å². The van der Waals surface area contributed by atoms with Gasteiger partial charge in [0.15, 0.2) is 11.5 Å². The molecule has 0 bridgehead atoms. The Morgan fingerprint density at radius 2 is 2.04 bits per heavy atom. The Morgan fingerprint density at radius 3 is 2.71 bits per heavy atom. The van der Waals surface area contributed by atoms with Crippen molar-refractivity contribution in [2.45, 2.75) is 33.0 Å². The average Bonchev–Trinajstić information content (AvgIpc) is 2.92. The predicted octanol–water partition coefficient (Wildman–Crippen LogP) is 4.43. The quantitative estimate of drug-likeness (QED) is 0.670. The third kappa shape index (κ3) is 3.24. The van der Waals surface area contributed by atoms with Gasteiger partial charge in [-0.1, -0.05) is 6.08 Å². The molecule has 148 valence electrons. The van der Waals surface area contributed by atoms with Crippen molar-refractivity contribution >= 4 is 29.4 Å². The lowest BCUT2D eigenvalue weighted by Gasteiger charge is -2.30. The van der Waals surface area contributed by atoms with E-state index >= 15 is 0 Å². The Balaban J connectivity index is 0.00000225. The van der Waals surface area contributed by atoms with Crippen molar-refractivity contribution < 1.29 is 18.3 Å². The first kappa shape index (κ1) is 19.9. The molecule has 6 nitrogen and oxygen atoms in total. The number of ether oxygens (including phenoxy) is 2. The molecule has 1 aliphatic rings. The molecule has 1 aromatic carbocycles. The van der Waals surface area contributed by atoms with E-state index in [1.807, 2.05) is 32.9 Å². The number of hydrogen-bond acceptors (Lipinski definition) is 4. The van der Waals surface area contributed by atoms with Crippen LogP contribution in [0.3, 0.4) is 0 Å². The van der Waals surface area contributed by atoms with Crippen LogP contribution >= 0.6 is 12.4 Å². The Kier molecular flexibility index (Phi) is 4.93. The molecule has 0 spiro atoms. The summed E-state index contributed by atoms with van der Waals surface area (Å²) in [5.41, 5.74) is 2.37. The van der Waals surface area contributed by atoms with Crippen LogP contribution in [0.15, 0.2) is 29.2 Å². The number of aromatic amines is 2. The summed E-state index contributed by atoms with van der Waals surface area (Å²) in [4.78, 5) is 15.3. The van der Waals surface area contributed by atoms with Crippen LogP contribution in [-0.2, 0) is 0 Å². The van der Waals surface area contributed by atoms with Crippen molar-refractivity contribution in [3.63, 3.8) is 0 Å². The molecule has 0 aliphatic carbocycles. The largest absolute Gasteiger partial charge is 0.479 e. The van der Waals surface area contributed by atoms with Gasteiger partial charge < -0.3 is 14.5 Å². The summed E-state index contributed by atoms with van der Waals surface area (Å²) < 4.78 is 36.2. The third-order valence-corrected chi connectivity index (χ3v) is 4.53. The summed E-state index contributed by atoms with van der Waals surface area (Å²) in [6.07, 6.45) is 5.20. The van der Waals surface area contributed by atoms with Gasteiger partial charge in [0.05, 0.1) is 22.8 Å². The van der Waals surface area contributed by atoms with Crippen molar-refractivity contribution in [1.29, 1.82) is 0 Å². The highest BCUT2D eigenvalue weighted by Gasteiger charge is 2.29. The van der Waals surface area contributed by atoms with E-state index in [4.69, 9.17) is 4.74 Å². The zero-order chi connectivity index (χ0) is 19.3. The lowest BCUT2D eigenvalue weighted by Crippen LogP contribution is -2.28. The minimum atomic E-state index is -2.96. The standard InChI is InChI=1S/C19H17F2N3O3.ClH/c1-9-14-12(8-22-24-17(14)25)23-15(9)10-4-5-13(26-18(20)21)16-11(10)6-7-19(2,3)27-16;/h4-8,18,23H,1-3H3,(H,24,25);1H. The first-order valence-electron chi connectivity index (χ1n) is 8.33. The molecular formula is C19H18ClF2N3O3. The average molecular weight is 410 g/mol. The van der Waals surface area contributed by atoms with Gasteiger partial charge in [-0.3, -0.25) is 4.79 Å². The summed E-state index contributed by atoms with van der Waals surface area (Å²) in [5, 5.41) is 6.72. The fraction of sp³-hybridized carbons (Fsp3) is 0.263. The molecule has 0 radical (unpaired) electrons. The van der Waals surface area contributed by atoms with Crippen LogP contribution in [0.1, 0.15) is 25.0 Å². The third-order valence-electron chi connectivity index (χ3n) is 4.53. The van der Waals surface area contributed by atoms with Crippen molar-refractivity contribution in [3.8, 4) is 22.8 Å². The number of alkyl halides is 2. The normalized spacial score (nSPS) is 14.5. The van der Waals surface area contributed by atoms with Crippen LogP contribution in [0, 0.1) is 6.92 Å². The number of nitrogens with one attached hydrogen (secondary N) is 2. The van der Waals surface area contributed by atoms with Gasteiger partial charge in [0.1, 0.15) is 5.60 Å². The molecule has 4 rings (SSSR count). The van der Waals surface area contributed by atoms with Crippen molar-refractivity contribution in [1.82, 2.24) is 15.2 Å². The zero-order valence-electron chi connectivity index (χ0n) is 15.3. The minimum Gasteiger partial charge on any atom is -0.479 e. The van der Waals surface area contributed by atoms with Crippen molar-refractivity contribution in [2.24, 2.45) is 0 Å². The number of hydrogen-bond donors (Lipinski definition) is 2. The fourth-order valence-corrected chi connectivity index (χ4v) is 3.33. The number of H-pyrrole nitrogens is 2. The molecule has 0 saturated carbocycles. The van der Waals surface area contributed by atoms with E-state index in [0.29, 0.717) is 27.7 Å². The second-order valence-corrected chi connectivity index (χ2v) is 6.88. The van der Waals surface area contributed by atoms with Crippen molar-refractivity contribution in [3.05, 3.63) is 45.9 Å². The van der Waals surface area contributed by atoms with Gasteiger partial charge in [0.25, 0.3) is 5.56 Å². The Hall–Kier alpha value is -2.87. The lowest BCUT2D eigenvalue weighted by atomic mass is 9.95. The van der Waals surface area contributed by atoms with Crippen LogP contribution in [0.25, 0.3) is 28.2 Å². The van der Waals surface area contributed by atoms with E-state index in [2.05, 4.69) is 19.9 Å². The summed E-state index contributed by atoms with van der Waals surface area (Å²) in [6.45, 7) is 2.50. The van der Waals surface area contributed by atoms with Gasteiger partial charge in [-0.25, -0.2) is 5.10 Å². The topological polar surface area (TPSA) is 80.0 Å². The lowest BCUT2D eigenvalue weighted by molar-refractivity contribution is -0.0526. The predicted molar refractivity (Wildman–Crippen MR) is 105 cm³/mol. The Labute approximate surface area is 165 Å². The molecule has 3 aromatic rings. The Bertz CT molecular complexity index is 1140. The molecule has 0 saturated heterocycles. The Morgan fingerprint density at radius 1 is 1.29 bits per heavy atom. The molecule has 1 aliphatic heterocycles. The van der Waals surface area contributed by atoms with Crippen LogP contribution in [0.5, 0.6) is 11.5 Å². The van der Waals surface area contributed by atoms with E-state index in [0.717, 1.165) is 5.56 Å². The molecule has 2 N–H and O–H groups in total. The van der Waals surface area contributed by atoms with Gasteiger partial charge in [-0.2, -0.15) is 13.9 Å². The molecule has 0 unspecified atom stereocenters. The second kappa shape index (κ2) is 6.94. The van der Waals surface area contributed by atoms with Gasteiger partial charge in [-0.05, 0) is 44.5 Å². The van der Waals surface area contributed by atoms with E-state index in [-0.39, 0.29) is 29.5 Å². The van der Waals surface area contributed by atoms with Gasteiger partial charge >= 0.3 is 6.61 Å². The number of rotatable bonds is 3.